The van der Waals surface area contributed by atoms with Gasteiger partial charge >= 0.3 is 0 Å². The van der Waals surface area contributed by atoms with Crippen LogP contribution in [0.4, 0.5) is 5.69 Å². The van der Waals surface area contributed by atoms with Gasteiger partial charge in [-0.25, -0.2) is 9.50 Å². The highest BCUT2D eigenvalue weighted by Gasteiger charge is 2.15. The number of para-hydroxylation sites is 1. The van der Waals surface area contributed by atoms with Crippen molar-refractivity contribution in [3.8, 4) is 12.3 Å². The van der Waals surface area contributed by atoms with Crippen molar-refractivity contribution in [2.45, 2.75) is 6.92 Å². The molecule has 0 saturated heterocycles. The number of hydrogen-bond acceptors (Lipinski definition) is 5. The summed E-state index contributed by atoms with van der Waals surface area (Å²) >= 11 is 0. The molecule has 0 fully saturated rings. The number of aromatic nitrogens is 3. The van der Waals surface area contributed by atoms with E-state index in [9.17, 15) is 4.79 Å². The molecule has 0 aliphatic heterocycles. The van der Waals surface area contributed by atoms with Gasteiger partial charge in [0.2, 0.25) is 0 Å². The third-order valence-corrected chi connectivity index (χ3v) is 3.48. The molecule has 0 radical (unpaired) electrons. The molecule has 1 aromatic carbocycles. The third kappa shape index (κ3) is 3.60. The highest BCUT2D eigenvalue weighted by atomic mass is 16.1. The maximum Gasteiger partial charge on any atom is 0.262 e. The van der Waals surface area contributed by atoms with Crippen LogP contribution in [-0.4, -0.2) is 26.2 Å². The fourth-order valence-electron chi connectivity index (χ4n) is 2.36. The first-order valence-corrected chi connectivity index (χ1v) is 7.77. The number of amides is 1. The first kappa shape index (κ1) is 16.9. The summed E-state index contributed by atoms with van der Waals surface area (Å²) < 4.78 is 1.52. The minimum Gasteiger partial charge on any atom is -0.341 e. The average molecular weight is 344 g/mol. The molecular weight excluding hydrogens is 328 g/mol. The Morgan fingerprint density at radius 3 is 2.92 bits per heavy atom. The molecule has 3 aromatic rings. The second-order valence-corrected chi connectivity index (χ2v) is 5.46. The Bertz CT molecular complexity index is 1060. The highest BCUT2D eigenvalue weighted by molar-refractivity contribution is 6.01. The van der Waals surface area contributed by atoms with E-state index in [-0.39, 0.29) is 5.71 Å². The lowest BCUT2D eigenvalue weighted by Gasteiger charge is -2.13. The summed E-state index contributed by atoms with van der Waals surface area (Å²) in [7, 11) is 0. The molecule has 7 nitrogen and oxygen atoms in total. The van der Waals surface area contributed by atoms with E-state index in [0.717, 1.165) is 0 Å². The van der Waals surface area contributed by atoms with Crippen LogP contribution in [0.5, 0.6) is 0 Å². The molecular formula is C19H16N6O. The van der Waals surface area contributed by atoms with Crippen LogP contribution in [0.2, 0.25) is 0 Å². The number of allylic oxidation sites excluding steroid dienone is 1. The first-order valence-electron chi connectivity index (χ1n) is 7.77. The Morgan fingerprint density at radius 2 is 2.15 bits per heavy atom. The second kappa shape index (κ2) is 7.32. The highest BCUT2D eigenvalue weighted by Crippen LogP contribution is 2.16. The Morgan fingerprint density at radius 1 is 1.35 bits per heavy atom. The number of fused-ring (bicyclic) bond motifs is 1. The zero-order valence-corrected chi connectivity index (χ0v) is 14.0. The van der Waals surface area contributed by atoms with Crippen molar-refractivity contribution in [2.75, 3.05) is 5.32 Å². The number of nitrogens with zero attached hydrogens (tertiary/aromatic N) is 3. The van der Waals surface area contributed by atoms with E-state index in [1.165, 1.54) is 16.8 Å². The van der Waals surface area contributed by atoms with Crippen molar-refractivity contribution in [1.82, 2.24) is 19.9 Å². The van der Waals surface area contributed by atoms with Crippen LogP contribution >= 0.6 is 0 Å². The molecule has 2 aromatic heterocycles. The molecule has 7 heteroatoms. The summed E-state index contributed by atoms with van der Waals surface area (Å²) in [5.74, 6) is 2.52. The SMILES string of the molecule is C#Cc1ccccc1N/C(=C\C(C)=N)NC(=O)c1cnn2cccnc12. The lowest BCUT2D eigenvalue weighted by atomic mass is 10.2. The molecule has 0 unspecified atom stereocenters. The van der Waals surface area contributed by atoms with Crippen molar-refractivity contribution >= 4 is 23.0 Å². The van der Waals surface area contributed by atoms with E-state index in [1.54, 1.807) is 37.5 Å². The van der Waals surface area contributed by atoms with Gasteiger partial charge in [0.05, 0.1) is 11.9 Å². The number of anilines is 1. The van der Waals surface area contributed by atoms with Crippen LogP contribution in [0.1, 0.15) is 22.8 Å². The standard InChI is InChI=1S/C19H16N6O/c1-3-14-7-4-5-8-16(14)23-17(11-13(2)20)24-19(26)15-12-22-25-10-6-9-21-18(15)25/h1,4-12,20,23H,2H3,(H,24,26)/b17-11+,20-13?. The lowest BCUT2D eigenvalue weighted by Crippen LogP contribution is -2.27. The Balaban J connectivity index is 1.89. The molecule has 1 amide bonds. The van der Waals surface area contributed by atoms with Crippen molar-refractivity contribution in [3.63, 3.8) is 0 Å². The van der Waals surface area contributed by atoms with Gasteiger partial charge in [0.25, 0.3) is 5.91 Å². The topological polar surface area (TPSA) is 95.2 Å². The third-order valence-electron chi connectivity index (χ3n) is 3.48. The van der Waals surface area contributed by atoms with Gasteiger partial charge in [-0.05, 0) is 31.2 Å². The van der Waals surface area contributed by atoms with Gasteiger partial charge in [-0.1, -0.05) is 18.1 Å². The lowest BCUT2D eigenvalue weighted by molar-refractivity contribution is 0.0968. The quantitative estimate of drug-likeness (QED) is 0.489. The predicted octanol–water partition coefficient (Wildman–Crippen LogP) is 2.43. The molecule has 0 atom stereocenters. The molecule has 0 aliphatic carbocycles. The molecule has 2 heterocycles. The van der Waals surface area contributed by atoms with E-state index < -0.39 is 5.91 Å². The van der Waals surface area contributed by atoms with Crippen LogP contribution in [0.15, 0.2) is 60.8 Å². The number of terminal acetylenes is 1. The molecule has 0 saturated carbocycles. The molecule has 0 aliphatic rings. The van der Waals surface area contributed by atoms with Gasteiger partial charge in [0.15, 0.2) is 5.65 Å². The van der Waals surface area contributed by atoms with Gasteiger partial charge in [-0.3, -0.25) is 4.79 Å². The average Bonchev–Trinajstić information content (AvgIpc) is 3.06. The molecule has 3 rings (SSSR count). The van der Waals surface area contributed by atoms with Gasteiger partial charge in [-0.2, -0.15) is 5.10 Å². The van der Waals surface area contributed by atoms with Crippen LogP contribution in [0.25, 0.3) is 5.65 Å². The number of carbonyl (C=O) groups excluding carboxylic acids is 1. The Hall–Kier alpha value is -3.92. The largest absolute Gasteiger partial charge is 0.341 e. The van der Waals surface area contributed by atoms with Crippen molar-refractivity contribution < 1.29 is 4.79 Å². The van der Waals surface area contributed by atoms with Gasteiger partial charge in [0.1, 0.15) is 11.4 Å². The number of rotatable bonds is 5. The minimum absolute atomic E-state index is 0.268. The smallest absolute Gasteiger partial charge is 0.262 e. The van der Waals surface area contributed by atoms with Gasteiger partial charge in [0, 0.05) is 23.7 Å². The fraction of sp³-hybridized carbons (Fsp3) is 0.0526. The number of benzene rings is 1. The molecule has 3 N–H and O–H groups in total. The molecule has 128 valence electrons. The zero-order chi connectivity index (χ0) is 18.5. The van der Waals surface area contributed by atoms with E-state index in [4.69, 9.17) is 11.8 Å². The summed E-state index contributed by atoms with van der Waals surface area (Å²) in [6.07, 6.45) is 11.8. The molecule has 0 bridgehead atoms. The van der Waals surface area contributed by atoms with Gasteiger partial charge < -0.3 is 16.0 Å². The number of hydrogen-bond donors (Lipinski definition) is 3. The minimum atomic E-state index is -0.392. The Kier molecular flexibility index (Phi) is 4.76. The first-order chi connectivity index (χ1) is 12.6. The monoisotopic (exact) mass is 344 g/mol. The summed E-state index contributed by atoms with van der Waals surface area (Å²) in [5, 5.41) is 17.6. The zero-order valence-electron chi connectivity index (χ0n) is 14.0. The maximum absolute atomic E-state index is 12.7. The summed E-state index contributed by atoms with van der Waals surface area (Å²) in [4.78, 5) is 16.8. The van der Waals surface area contributed by atoms with E-state index in [1.807, 2.05) is 12.1 Å². The maximum atomic E-state index is 12.7. The van der Waals surface area contributed by atoms with Crippen molar-refractivity contribution in [2.24, 2.45) is 0 Å². The van der Waals surface area contributed by atoms with E-state index in [0.29, 0.717) is 28.3 Å². The second-order valence-electron chi connectivity index (χ2n) is 5.46. The summed E-state index contributed by atoms with van der Waals surface area (Å²) in [6, 6.07) is 8.97. The fourth-order valence-corrected chi connectivity index (χ4v) is 2.36. The molecule has 26 heavy (non-hydrogen) atoms. The van der Waals surface area contributed by atoms with Crippen LogP contribution in [0.3, 0.4) is 0 Å². The summed E-state index contributed by atoms with van der Waals surface area (Å²) in [5.41, 5.74) is 2.34. The van der Waals surface area contributed by atoms with Crippen LogP contribution < -0.4 is 10.6 Å². The van der Waals surface area contributed by atoms with Crippen molar-refractivity contribution in [1.29, 1.82) is 5.41 Å². The summed E-state index contributed by atoms with van der Waals surface area (Å²) in [6.45, 7) is 1.61. The van der Waals surface area contributed by atoms with Crippen molar-refractivity contribution in [3.05, 3.63) is 71.9 Å². The van der Waals surface area contributed by atoms with Crippen LogP contribution in [-0.2, 0) is 0 Å². The number of nitrogens with one attached hydrogen (secondary N) is 3. The van der Waals surface area contributed by atoms with Crippen LogP contribution in [0, 0.1) is 17.8 Å². The van der Waals surface area contributed by atoms with E-state index in [2.05, 4.69) is 26.6 Å². The Labute approximate surface area is 150 Å². The van der Waals surface area contributed by atoms with Gasteiger partial charge in [-0.15, -0.1) is 6.42 Å². The molecule has 0 spiro atoms. The van der Waals surface area contributed by atoms with E-state index >= 15 is 0 Å². The normalized spacial score (nSPS) is 11.0. The number of carbonyl (C=O) groups is 1. The predicted molar refractivity (Wildman–Crippen MR) is 99.9 cm³/mol.